The van der Waals surface area contributed by atoms with E-state index in [1.54, 1.807) is 24.1 Å². The Bertz CT molecular complexity index is 574. The van der Waals surface area contributed by atoms with Gasteiger partial charge in [-0.1, -0.05) is 6.92 Å². The molecule has 0 saturated carbocycles. The number of anilines is 1. The Morgan fingerprint density at radius 2 is 2.33 bits per heavy atom. The van der Waals surface area contributed by atoms with Crippen LogP contribution in [0.1, 0.15) is 23.1 Å². The molecule has 0 bridgehead atoms. The maximum atomic E-state index is 12.3. The van der Waals surface area contributed by atoms with E-state index in [0.29, 0.717) is 5.69 Å². The average molecular weight is 312 g/mol. The van der Waals surface area contributed by atoms with Crippen molar-refractivity contribution in [2.75, 3.05) is 11.9 Å². The van der Waals surface area contributed by atoms with E-state index < -0.39 is 0 Å². The number of carbonyl (C=O) groups is 1. The van der Waals surface area contributed by atoms with Crippen LogP contribution in [0.25, 0.3) is 0 Å². The first-order valence-electron chi connectivity index (χ1n) is 5.54. The molecule has 7 heteroatoms. The van der Waals surface area contributed by atoms with E-state index in [9.17, 15) is 4.79 Å². The van der Waals surface area contributed by atoms with Crippen molar-refractivity contribution in [2.45, 2.75) is 13.3 Å². The Hall–Kier alpha value is -1.63. The van der Waals surface area contributed by atoms with Crippen LogP contribution in [0.15, 0.2) is 16.9 Å². The second-order valence-corrected chi connectivity index (χ2v) is 4.75. The highest BCUT2D eigenvalue weighted by Crippen LogP contribution is 2.22. The molecule has 96 valence electrons. The normalized spacial score (nSPS) is 10.7. The van der Waals surface area contributed by atoms with E-state index in [1.165, 1.54) is 4.90 Å². The van der Waals surface area contributed by atoms with E-state index in [1.807, 2.05) is 14.0 Å². The third-order valence-corrected chi connectivity index (χ3v) is 3.57. The number of nitrogens with zero attached hydrogens (tertiary/aromatic N) is 4. The summed E-state index contributed by atoms with van der Waals surface area (Å²) in [6.45, 7) is 2.00. The van der Waals surface area contributed by atoms with E-state index >= 15 is 0 Å². The van der Waals surface area contributed by atoms with Crippen LogP contribution < -0.4 is 4.90 Å². The van der Waals surface area contributed by atoms with Gasteiger partial charge in [-0.25, -0.2) is 0 Å². The number of amides is 1. The highest BCUT2D eigenvalue weighted by molar-refractivity contribution is 9.10. The Labute approximate surface area is 113 Å². The number of hydrogen-bond acceptors (Lipinski definition) is 3. The number of carbonyl (C=O) groups excluding carboxylic acids is 1. The Kier molecular flexibility index (Phi) is 3.51. The van der Waals surface area contributed by atoms with Crippen molar-refractivity contribution in [3.05, 3.63) is 28.3 Å². The largest absolute Gasteiger partial charge is 0.307 e. The fourth-order valence-corrected chi connectivity index (χ4v) is 2.23. The molecular weight excluding hydrogens is 298 g/mol. The predicted octanol–water partition coefficient (Wildman–Crippen LogP) is 1.74. The van der Waals surface area contributed by atoms with Crippen LogP contribution in [0.3, 0.4) is 0 Å². The molecule has 0 spiro atoms. The van der Waals surface area contributed by atoms with Crippen molar-refractivity contribution in [2.24, 2.45) is 7.05 Å². The molecule has 6 nitrogen and oxygen atoms in total. The van der Waals surface area contributed by atoms with Crippen LogP contribution in [0.5, 0.6) is 0 Å². The SMILES string of the molecule is CCc1[nH]nc(C(=O)N(C)c2cnn(C)c2)c1Br. The smallest absolute Gasteiger partial charge is 0.279 e. The predicted molar refractivity (Wildman–Crippen MR) is 71.6 cm³/mol. The summed E-state index contributed by atoms with van der Waals surface area (Å²) in [6, 6.07) is 0. The van der Waals surface area contributed by atoms with Gasteiger partial charge in [0.2, 0.25) is 0 Å². The summed E-state index contributed by atoms with van der Waals surface area (Å²) in [7, 11) is 3.51. The van der Waals surface area contributed by atoms with Gasteiger partial charge in [-0.15, -0.1) is 0 Å². The van der Waals surface area contributed by atoms with Crippen molar-refractivity contribution < 1.29 is 4.79 Å². The van der Waals surface area contributed by atoms with Gasteiger partial charge in [0, 0.05) is 26.0 Å². The Morgan fingerprint density at radius 3 is 2.83 bits per heavy atom. The molecule has 2 aromatic rings. The minimum Gasteiger partial charge on any atom is -0.307 e. The van der Waals surface area contributed by atoms with Crippen molar-refractivity contribution in [3.8, 4) is 0 Å². The van der Waals surface area contributed by atoms with E-state index in [0.717, 1.165) is 22.3 Å². The van der Waals surface area contributed by atoms with Gasteiger partial charge in [0.15, 0.2) is 5.69 Å². The number of halogens is 1. The van der Waals surface area contributed by atoms with Crippen molar-refractivity contribution in [1.82, 2.24) is 20.0 Å². The van der Waals surface area contributed by atoms with Gasteiger partial charge in [-0.3, -0.25) is 14.6 Å². The highest BCUT2D eigenvalue weighted by Gasteiger charge is 2.21. The Morgan fingerprint density at radius 1 is 1.61 bits per heavy atom. The zero-order valence-corrected chi connectivity index (χ0v) is 12.0. The van der Waals surface area contributed by atoms with Crippen LogP contribution >= 0.6 is 15.9 Å². The molecule has 0 aliphatic carbocycles. The molecular formula is C11H14BrN5O. The van der Waals surface area contributed by atoms with E-state index in [-0.39, 0.29) is 5.91 Å². The molecule has 0 aliphatic heterocycles. The van der Waals surface area contributed by atoms with Crippen LogP contribution in [-0.4, -0.2) is 32.9 Å². The summed E-state index contributed by atoms with van der Waals surface area (Å²) in [5.74, 6) is -0.175. The number of aryl methyl sites for hydroxylation is 2. The summed E-state index contributed by atoms with van der Waals surface area (Å²) in [6.07, 6.45) is 4.20. The molecule has 18 heavy (non-hydrogen) atoms. The fourth-order valence-electron chi connectivity index (χ4n) is 1.60. The van der Waals surface area contributed by atoms with Crippen LogP contribution in [-0.2, 0) is 13.5 Å². The topological polar surface area (TPSA) is 66.8 Å². The molecule has 0 aliphatic rings. The third-order valence-electron chi connectivity index (χ3n) is 2.71. The molecule has 0 unspecified atom stereocenters. The molecule has 2 aromatic heterocycles. The van der Waals surface area contributed by atoms with Crippen molar-refractivity contribution >= 4 is 27.5 Å². The second-order valence-electron chi connectivity index (χ2n) is 3.95. The number of aromatic amines is 1. The average Bonchev–Trinajstić information content (AvgIpc) is 2.93. The Balaban J connectivity index is 2.28. The summed E-state index contributed by atoms with van der Waals surface area (Å²) in [5, 5.41) is 10.9. The fraction of sp³-hybridized carbons (Fsp3) is 0.364. The maximum Gasteiger partial charge on any atom is 0.279 e. The number of nitrogens with one attached hydrogen (secondary N) is 1. The number of hydrogen-bond donors (Lipinski definition) is 1. The lowest BCUT2D eigenvalue weighted by molar-refractivity contribution is 0.0987. The molecule has 0 fully saturated rings. The van der Waals surface area contributed by atoms with Gasteiger partial charge in [-0.2, -0.15) is 10.2 Å². The minimum absolute atomic E-state index is 0.175. The minimum atomic E-state index is -0.175. The molecule has 2 heterocycles. The first-order chi connectivity index (χ1) is 8.54. The third kappa shape index (κ3) is 2.17. The molecule has 1 N–H and O–H groups in total. The lowest BCUT2D eigenvalue weighted by atomic mass is 10.3. The van der Waals surface area contributed by atoms with Crippen LogP contribution in [0.2, 0.25) is 0 Å². The lowest BCUT2D eigenvalue weighted by Gasteiger charge is -2.13. The summed E-state index contributed by atoms with van der Waals surface area (Å²) >= 11 is 3.40. The molecule has 0 radical (unpaired) electrons. The molecule has 0 aromatic carbocycles. The maximum absolute atomic E-state index is 12.3. The van der Waals surface area contributed by atoms with E-state index in [2.05, 4.69) is 31.2 Å². The highest BCUT2D eigenvalue weighted by atomic mass is 79.9. The van der Waals surface area contributed by atoms with Gasteiger partial charge in [-0.05, 0) is 22.4 Å². The van der Waals surface area contributed by atoms with Crippen molar-refractivity contribution in [3.63, 3.8) is 0 Å². The van der Waals surface area contributed by atoms with Gasteiger partial charge in [0.1, 0.15) is 0 Å². The lowest BCUT2D eigenvalue weighted by Crippen LogP contribution is -2.26. The quantitative estimate of drug-likeness (QED) is 0.939. The summed E-state index contributed by atoms with van der Waals surface area (Å²) < 4.78 is 2.38. The van der Waals surface area contributed by atoms with E-state index in [4.69, 9.17) is 0 Å². The van der Waals surface area contributed by atoms with Gasteiger partial charge < -0.3 is 4.90 Å². The monoisotopic (exact) mass is 311 g/mol. The van der Waals surface area contributed by atoms with Crippen LogP contribution in [0.4, 0.5) is 5.69 Å². The molecule has 0 saturated heterocycles. The summed E-state index contributed by atoms with van der Waals surface area (Å²) in [5.41, 5.74) is 2.03. The first-order valence-corrected chi connectivity index (χ1v) is 6.33. The summed E-state index contributed by atoms with van der Waals surface area (Å²) in [4.78, 5) is 13.8. The molecule has 1 amide bonds. The number of H-pyrrole nitrogens is 1. The zero-order chi connectivity index (χ0) is 13.3. The van der Waals surface area contributed by atoms with Gasteiger partial charge >= 0.3 is 0 Å². The number of aromatic nitrogens is 4. The van der Waals surface area contributed by atoms with Crippen LogP contribution in [0, 0.1) is 0 Å². The first kappa shape index (κ1) is 12.8. The number of rotatable bonds is 3. The standard InChI is InChI=1S/C11H14BrN5O/c1-4-8-9(12)10(15-14-8)11(18)17(3)7-5-13-16(2)6-7/h5-6H,4H2,1-3H3,(H,14,15). The zero-order valence-electron chi connectivity index (χ0n) is 10.4. The van der Waals surface area contributed by atoms with Gasteiger partial charge in [0.05, 0.1) is 16.4 Å². The second kappa shape index (κ2) is 4.93. The van der Waals surface area contributed by atoms with Gasteiger partial charge in [0.25, 0.3) is 5.91 Å². The molecule has 0 atom stereocenters. The van der Waals surface area contributed by atoms with Crippen molar-refractivity contribution in [1.29, 1.82) is 0 Å². The molecule has 2 rings (SSSR count).